The van der Waals surface area contributed by atoms with Gasteiger partial charge in [0.2, 0.25) is 0 Å². The fourth-order valence-electron chi connectivity index (χ4n) is 4.93. The molecule has 1 heteroatoms. The van der Waals surface area contributed by atoms with E-state index in [4.69, 9.17) is 6.85 Å². The lowest BCUT2D eigenvalue weighted by Gasteiger charge is -2.26. The molecule has 7 aromatic rings. The third-order valence-electron chi connectivity index (χ3n) is 6.98. The fraction of sp³-hybridized carbons (Fsp3) is 0. The predicted molar refractivity (Wildman–Crippen MR) is 175 cm³/mol. The number of anilines is 3. The third-order valence-corrected chi connectivity index (χ3v) is 6.98. The highest BCUT2D eigenvalue weighted by Crippen LogP contribution is 2.38. The molecule has 0 bridgehead atoms. The first-order valence-electron chi connectivity index (χ1n) is 17.4. The van der Waals surface area contributed by atoms with Crippen LogP contribution in [0.1, 0.15) is 11.0 Å². The van der Waals surface area contributed by atoms with Crippen molar-refractivity contribution in [2.75, 3.05) is 4.90 Å². The zero-order valence-corrected chi connectivity index (χ0v) is 22.1. The molecule has 0 aliphatic carbocycles. The second-order valence-electron chi connectivity index (χ2n) is 9.63. The van der Waals surface area contributed by atoms with Gasteiger partial charge in [-0.3, -0.25) is 0 Å². The molecule has 0 unspecified atom stereocenters. The summed E-state index contributed by atoms with van der Waals surface area (Å²) in [5.41, 5.74) is 3.21. The number of hydrogen-bond acceptors (Lipinski definition) is 1. The summed E-state index contributed by atoms with van der Waals surface area (Å²) in [6, 6.07) is 36.2. The first-order valence-corrected chi connectivity index (χ1v) is 13.4. The van der Waals surface area contributed by atoms with E-state index in [1.807, 2.05) is 84.9 Å². The molecule has 0 heterocycles. The number of hydrogen-bond donors (Lipinski definition) is 0. The Bertz CT molecular complexity index is 2350. The molecule has 194 valence electrons. The Morgan fingerprint density at radius 2 is 1.00 bits per heavy atom. The summed E-state index contributed by atoms with van der Waals surface area (Å²) >= 11 is 0. The van der Waals surface area contributed by atoms with Gasteiger partial charge in [0.05, 0.1) is 11.0 Å². The van der Waals surface area contributed by atoms with Crippen LogP contribution >= 0.6 is 0 Å². The van der Waals surface area contributed by atoms with E-state index in [2.05, 4.69) is 0 Å². The van der Waals surface area contributed by atoms with Crippen LogP contribution in [0.15, 0.2) is 176 Å². The SMILES string of the molecule is [2H]c1c([2H])c(-c2ccc3ccccc3c2)c([2H])c(N(c2ccccc2)c2c([2H])c([2H])c(-c3cccc(-c4ccccc4)c3)c([2H])c2[2H])c1[2H]. The molecule has 0 N–H and O–H groups in total. The largest absolute Gasteiger partial charge is 0.310 e. The van der Waals surface area contributed by atoms with Crippen LogP contribution in [0.5, 0.6) is 0 Å². The molecule has 0 aliphatic heterocycles. The molecule has 0 atom stereocenters. The Labute approximate surface area is 252 Å². The highest BCUT2D eigenvalue weighted by atomic mass is 15.1. The van der Waals surface area contributed by atoms with Crippen molar-refractivity contribution in [1.29, 1.82) is 0 Å². The van der Waals surface area contributed by atoms with E-state index in [0.29, 0.717) is 16.8 Å². The molecule has 1 nitrogen and oxygen atoms in total. The van der Waals surface area contributed by atoms with Gasteiger partial charge in [0.1, 0.15) is 0 Å². The van der Waals surface area contributed by atoms with E-state index >= 15 is 0 Å². The summed E-state index contributed by atoms with van der Waals surface area (Å²) < 4.78 is 73.0. The highest BCUT2D eigenvalue weighted by molar-refractivity contribution is 5.88. The zero-order valence-electron chi connectivity index (χ0n) is 30.1. The van der Waals surface area contributed by atoms with Crippen molar-refractivity contribution in [2.45, 2.75) is 0 Å². The van der Waals surface area contributed by atoms with Gasteiger partial charge in [-0.15, -0.1) is 0 Å². The Balaban J connectivity index is 1.48. The number of rotatable bonds is 6. The lowest BCUT2D eigenvalue weighted by molar-refractivity contribution is 1.28. The summed E-state index contributed by atoms with van der Waals surface area (Å²) in [7, 11) is 0. The monoisotopic (exact) mass is 531 g/mol. The van der Waals surface area contributed by atoms with Gasteiger partial charge in [0.25, 0.3) is 0 Å². The van der Waals surface area contributed by atoms with E-state index < -0.39 is 12.1 Å². The maximum Gasteiger partial charge on any atom is 0.0651 e. The fourth-order valence-corrected chi connectivity index (χ4v) is 4.93. The van der Waals surface area contributed by atoms with Crippen molar-refractivity contribution in [3.05, 3.63) is 176 Å². The molecular weight excluding hydrogens is 494 g/mol. The van der Waals surface area contributed by atoms with Crippen LogP contribution in [0, 0.1) is 0 Å². The summed E-state index contributed by atoms with van der Waals surface area (Å²) in [5, 5.41) is 1.85. The standard InChI is InChI=1S/C40H29N/c1-3-11-30(12-4-1)34-15-9-16-35(27-34)32-23-25-39(26-24-32)41(38-18-5-2-6-19-38)40-20-10-17-36(29-40)37-22-21-31-13-7-8-14-33(31)28-37/h1-29H/i10D,17D,20D,23D,24D,25D,26D,29D. The van der Waals surface area contributed by atoms with E-state index in [0.717, 1.165) is 21.9 Å². The van der Waals surface area contributed by atoms with Gasteiger partial charge in [-0.25, -0.2) is 0 Å². The second kappa shape index (κ2) is 11.0. The molecule has 41 heavy (non-hydrogen) atoms. The van der Waals surface area contributed by atoms with Gasteiger partial charge < -0.3 is 4.90 Å². The summed E-state index contributed by atoms with van der Waals surface area (Å²) in [6.45, 7) is 0. The molecule has 0 spiro atoms. The topological polar surface area (TPSA) is 3.24 Å². The van der Waals surface area contributed by atoms with Crippen LogP contribution in [0.4, 0.5) is 17.1 Å². The van der Waals surface area contributed by atoms with Crippen molar-refractivity contribution in [2.24, 2.45) is 0 Å². The minimum Gasteiger partial charge on any atom is -0.310 e. The first-order chi connectivity index (χ1) is 23.7. The van der Waals surface area contributed by atoms with E-state index in [9.17, 15) is 4.11 Å². The van der Waals surface area contributed by atoms with Gasteiger partial charge in [0, 0.05) is 17.1 Å². The Morgan fingerprint density at radius 1 is 0.366 bits per heavy atom. The quantitative estimate of drug-likeness (QED) is 0.206. The van der Waals surface area contributed by atoms with Crippen molar-refractivity contribution in [3.8, 4) is 33.4 Å². The zero-order chi connectivity index (χ0) is 34.4. The van der Waals surface area contributed by atoms with E-state index in [1.54, 1.807) is 42.5 Å². The molecule has 0 saturated carbocycles. The van der Waals surface area contributed by atoms with Crippen molar-refractivity contribution in [1.82, 2.24) is 0 Å². The van der Waals surface area contributed by atoms with E-state index in [-0.39, 0.29) is 58.8 Å². The van der Waals surface area contributed by atoms with Crippen molar-refractivity contribution < 1.29 is 11.0 Å². The van der Waals surface area contributed by atoms with Crippen LogP contribution in [0.3, 0.4) is 0 Å². The number of nitrogens with zero attached hydrogens (tertiary/aromatic N) is 1. The predicted octanol–water partition coefficient (Wildman–Crippen LogP) is 11.3. The van der Waals surface area contributed by atoms with Gasteiger partial charge >= 0.3 is 0 Å². The number of fused-ring (bicyclic) bond motifs is 1. The summed E-state index contributed by atoms with van der Waals surface area (Å²) in [5.74, 6) is 0. The molecule has 0 aromatic heterocycles. The molecule has 0 radical (unpaired) electrons. The number of benzene rings is 7. The van der Waals surface area contributed by atoms with Crippen LogP contribution in [-0.2, 0) is 0 Å². The molecule has 0 saturated heterocycles. The average molecular weight is 532 g/mol. The van der Waals surface area contributed by atoms with Crippen LogP contribution in [0.25, 0.3) is 44.2 Å². The lowest BCUT2D eigenvalue weighted by atomic mass is 9.98. The van der Waals surface area contributed by atoms with Crippen molar-refractivity contribution >= 4 is 27.8 Å². The van der Waals surface area contributed by atoms with Gasteiger partial charge in [-0.05, 0) is 92.6 Å². The Kier molecular flexibility index (Phi) is 4.65. The third kappa shape index (κ3) is 5.14. The van der Waals surface area contributed by atoms with E-state index in [1.165, 1.54) is 4.90 Å². The smallest absolute Gasteiger partial charge is 0.0651 e. The molecule has 7 rings (SSSR count). The van der Waals surface area contributed by atoms with Crippen molar-refractivity contribution in [3.63, 3.8) is 0 Å². The molecule has 0 aliphatic rings. The molecule has 7 aromatic carbocycles. The Morgan fingerprint density at radius 3 is 1.78 bits per heavy atom. The van der Waals surface area contributed by atoms with Crippen LogP contribution in [-0.4, -0.2) is 0 Å². The lowest BCUT2D eigenvalue weighted by Crippen LogP contribution is -2.09. The average Bonchev–Trinajstić information content (AvgIpc) is 3.13. The van der Waals surface area contributed by atoms with Gasteiger partial charge in [-0.2, -0.15) is 0 Å². The van der Waals surface area contributed by atoms with Crippen LogP contribution in [0.2, 0.25) is 0 Å². The van der Waals surface area contributed by atoms with Gasteiger partial charge in [-0.1, -0.05) is 127 Å². The molecule has 0 amide bonds. The first kappa shape index (κ1) is 17.3. The molecular formula is C40H29N. The summed E-state index contributed by atoms with van der Waals surface area (Å²) in [6.07, 6.45) is 0. The van der Waals surface area contributed by atoms with Gasteiger partial charge in [0.15, 0.2) is 0 Å². The second-order valence-corrected chi connectivity index (χ2v) is 9.63. The maximum absolute atomic E-state index is 9.45. The minimum absolute atomic E-state index is 0.116. The highest BCUT2D eigenvalue weighted by Gasteiger charge is 2.14. The minimum atomic E-state index is -0.431. The normalized spacial score (nSPS) is 13.7. The van der Waals surface area contributed by atoms with Crippen LogP contribution < -0.4 is 4.90 Å². The number of para-hydroxylation sites is 1. The molecule has 0 fully saturated rings. The summed E-state index contributed by atoms with van der Waals surface area (Å²) in [4.78, 5) is 1.36. The Hall–Kier alpha value is -5.40. The maximum atomic E-state index is 9.45.